The minimum atomic E-state index is -4.06. The van der Waals surface area contributed by atoms with E-state index in [1.807, 2.05) is 48.1 Å². The summed E-state index contributed by atoms with van der Waals surface area (Å²) >= 11 is 0. The van der Waals surface area contributed by atoms with E-state index < -0.39 is 16.6 Å². The maximum absolute atomic E-state index is 13.0. The van der Waals surface area contributed by atoms with Gasteiger partial charge in [-0.1, -0.05) is 24.3 Å². The van der Waals surface area contributed by atoms with E-state index in [1.54, 1.807) is 18.5 Å². The van der Waals surface area contributed by atoms with Crippen LogP contribution in [0.3, 0.4) is 0 Å². The van der Waals surface area contributed by atoms with Crippen LogP contribution in [0.15, 0.2) is 66.1 Å². The van der Waals surface area contributed by atoms with Crippen LogP contribution in [0.4, 0.5) is 8.78 Å². The van der Waals surface area contributed by atoms with Gasteiger partial charge in [0.25, 0.3) is 0 Å². The summed E-state index contributed by atoms with van der Waals surface area (Å²) in [6.07, 6.45) is 6.26. The predicted octanol–water partition coefficient (Wildman–Crippen LogP) is 3.58. The van der Waals surface area contributed by atoms with Crippen molar-refractivity contribution >= 4 is 20.9 Å². The van der Waals surface area contributed by atoms with E-state index in [2.05, 4.69) is 14.8 Å². The highest BCUT2D eigenvalue weighted by atomic mass is 32.2. The van der Waals surface area contributed by atoms with Gasteiger partial charge in [-0.15, -0.1) is 0 Å². The number of nitrogens with zero attached hydrogens (tertiary/aromatic N) is 4. The van der Waals surface area contributed by atoms with Crippen LogP contribution in [-0.4, -0.2) is 34.3 Å². The van der Waals surface area contributed by atoms with E-state index in [9.17, 15) is 17.2 Å². The van der Waals surface area contributed by atoms with Gasteiger partial charge in [0.15, 0.2) is 0 Å². The molecule has 0 spiro atoms. The summed E-state index contributed by atoms with van der Waals surface area (Å²) in [5, 5.41) is 4.50. The summed E-state index contributed by atoms with van der Waals surface area (Å²) in [6.45, 7) is -1.58. The number of nitrogens with one attached hydrogen (secondary N) is 1. The van der Waals surface area contributed by atoms with Crippen molar-refractivity contribution in [2.45, 2.75) is 24.3 Å². The first kappa shape index (κ1) is 21.1. The molecule has 0 saturated heterocycles. The summed E-state index contributed by atoms with van der Waals surface area (Å²) in [5.41, 5.74) is 2.67. The molecule has 3 heterocycles. The Labute approximate surface area is 178 Å². The Balaban J connectivity index is 1.71. The molecule has 0 aliphatic rings. The van der Waals surface area contributed by atoms with E-state index in [0.717, 1.165) is 28.2 Å². The fraction of sp³-hybridized carbons (Fsp3) is 0.238. The van der Waals surface area contributed by atoms with Gasteiger partial charge in [0, 0.05) is 49.0 Å². The van der Waals surface area contributed by atoms with E-state index in [-0.39, 0.29) is 23.1 Å². The molecule has 1 N–H and O–H groups in total. The molecule has 4 aromatic rings. The molecule has 0 aliphatic heterocycles. The van der Waals surface area contributed by atoms with Crippen LogP contribution in [-0.2, 0) is 17.1 Å². The zero-order valence-electron chi connectivity index (χ0n) is 16.9. The molecule has 4 rings (SSSR count). The SMILES string of the molecule is Cc1c(S(=O)(=O)NCC(c2cccnc2)c2cn(C)c3ccccc23)cnn1C(F)F. The van der Waals surface area contributed by atoms with Gasteiger partial charge in [0.05, 0.1) is 11.9 Å². The summed E-state index contributed by atoms with van der Waals surface area (Å²) in [7, 11) is -2.13. The Morgan fingerprint density at radius 1 is 1.13 bits per heavy atom. The van der Waals surface area contributed by atoms with Crippen LogP contribution in [0.1, 0.15) is 29.3 Å². The fourth-order valence-corrected chi connectivity index (χ4v) is 4.99. The van der Waals surface area contributed by atoms with Crippen LogP contribution in [0.5, 0.6) is 0 Å². The lowest BCUT2D eigenvalue weighted by Gasteiger charge is -2.18. The normalized spacial score (nSPS) is 13.2. The lowest BCUT2D eigenvalue weighted by molar-refractivity contribution is 0.0541. The number of aromatic nitrogens is 4. The number of fused-ring (bicyclic) bond motifs is 1. The number of halogens is 2. The molecule has 0 amide bonds. The molecule has 0 saturated carbocycles. The number of hydrogen-bond donors (Lipinski definition) is 1. The molecule has 31 heavy (non-hydrogen) atoms. The minimum Gasteiger partial charge on any atom is -0.350 e. The summed E-state index contributed by atoms with van der Waals surface area (Å²) in [6, 6.07) is 11.5. The Morgan fingerprint density at radius 2 is 1.90 bits per heavy atom. The van der Waals surface area contributed by atoms with Crippen LogP contribution in [0, 0.1) is 6.92 Å². The zero-order chi connectivity index (χ0) is 22.2. The average Bonchev–Trinajstić information content (AvgIpc) is 3.30. The van der Waals surface area contributed by atoms with Crippen LogP contribution < -0.4 is 4.72 Å². The second-order valence-electron chi connectivity index (χ2n) is 7.22. The molecule has 1 unspecified atom stereocenters. The van der Waals surface area contributed by atoms with Gasteiger partial charge in [-0.25, -0.2) is 17.8 Å². The first-order valence-electron chi connectivity index (χ1n) is 9.55. The maximum Gasteiger partial charge on any atom is 0.333 e. The van der Waals surface area contributed by atoms with E-state index in [0.29, 0.717) is 4.68 Å². The Kier molecular flexibility index (Phi) is 5.59. The zero-order valence-corrected chi connectivity index (χ0v) is 17.7. The number of hydrogen-bond acceptors (Lipinski definition) is 4. The molecule has 0 bridgehead atoms. The molecular weight excluding hydrogens is 424 g/mol. The highest BCUT2D eigenvalue weighted by molar-refractivity contribution is 7.89. The average molecular weight is 445 g/mol. The standard InChI is InChI=1S/C21H21F2N5O2S/c1-14-20(12-25-28(14)21(22)23)31(29,30)26-11-17(15-6-5-9-24-10-15)18-13-27(2)19-8-4-3-7-16(18)19/h3-10,12-13,17,21,26H,11H2,1-2H3. The number of benzene rings is 1. The summed E-state index contributed by atoms with van der Waals surface area (Å²) in [4.78, 5) is 3.91. The number of aryl methyl sites for hydroxylation is 1. The number of pyridine rings is 1. The second-order valence-corrected chi connectivity index (χ2v) is 8.96. The highest BCUT2D eigenvalue weighted by Crippen LogP contribution is 2.32. The first-order chi connectivity index (χ1) is 14.8. The van der Waals surface area contributed by atoms with Crippen molar-refractivity contribution < 1.29 is 17.2 Å². The molecule has 0 fully saturated rings. The third-order valence-electron chi connectivity index (χ3n) is 5.34. The number of rotatable bonds is 7. The quantitative estimate of drug-likeness (QED) is 0.471. The molecule has 7 nitrogen and oxygen atoms in total. The fourth-order valence-electron chi connectivity index (χ4n) is 3.78. The number of alkyl halides is 2. The van der Waals surface area contributed by atoms with Gasteiger partial charge in [-0.2, -0.15) is 13.9 Å². The Morgan fingerprint density at radius 3 is 2.58 bits per heavy atom. The molecule has 1 atom stereocenters. The third-order valence-corrected chi connectivity index (χ3v) is 6.87. The molecule has 0 aliphatic carbocycles. The lowest BCUT2D eigenvalue weighted by Crippen LogP contribution is -2.29. The Bertz CT molecular complexity index is 1320. The maximum atomic E-state index is 13.0. The predicted molar refractivity (Wildman–Crippen MR) is 112 cm³/mol. The summed E-state index contributed by atoms with van der Waals surface area (Å²) < 4.78 is 56.8. The monoisotopic (exact) mass is 445 g/mol. The largest absolute Gasteiger partial charge is 0.350 e. The van der Waals surface area contributed by atoms with Gasteiger partial charge in [-0.05, 0) is 30.2 Å². The summed E-state index contributed by atoms with van der Waals surface area (Å²) in [5.74, 6) is -0.333. The first-order valence-corrected chi connectivity index (χ1v) is 11.0. The van der Waals surface area contributed by atoms with Gasteiger partial charge < -0.3 is 4.57 Å². The van der Waals surface area contributed by atoms with Gasteiger partial charge >= 0.3 is 6.55 Å². The topological polar surface area (TPSA) is 81.8 Å². The van der Waals surface area contributed by atoms with Crippen LogP contribution in [0.2, 0.25) is 0 Å². The molecular formula is C21H21F2N5O2S. The van der Waals surface area contributed by atoms with E-state index >= 15 is 0 Å². The number of sulfonamides is 1. The van der Waals surface area contributed by atoms with Crippen LogP contribution in [0.25, 0.3) is 10.9 Å². The van der Waals surface area contributed by atoms with Crippen molar-refractivity contribution in [2.75, 3.05) is 6.54 Å². The van der Waals surface area contributed by atoms with Crippen molar-refractivity contribution in [3.05, 3.63) is 78.0 Å². The van der Waals surface area contributed by atoms with Crippen molar-refractivity contribution in [1.82, 2.24) is 24.1 Å². The Hall–Kier alpha value is -3.11. The molecule has 3 aromatic heterocycles. The van der Waals surface area contributed by atoms with E-state index in [4.69, 9.17) is 0 Å². The molecule has 0 radical (unpaired) electrons. The van der Waals surface area contributed by atoms with Crippen molar-refractivity contribution in [2.24, 2.45) is 7.05 Å². The van der Waals surface area contributed by atoms with Crippen LogP contribution >= 0.6 is 0 Å². The molecule has 10 heteroatoms. The second kappa shape index (κ2) is 8.20. The third kappa shape index (κ3) is 3.96. The highest BCUT2D eigenvalue weighted by Gasteiger charge is 2.26. The van der Waals surface area contributed by atoms with Crippen molar-refractivity contribution in [3.63, 3.8) is 0 Å². The number of para-hydroxylation sites is 1. The lowest BCUT2D eigenvalue weighted by atomic mass is 9.92. The smallest absolute Gasteiger partial charge is 0.333 e. The van der Waals surface area contributed by atoms with E-state index in [1.165, 1.54) is 6.92 Å². The van der Waals surface area contributed by atoms with Crippen molar-refractivity contribution in [3.8, 4) is 0 Å². The van der Waals surface area contributed by atoms with Gasteiger partial charge in [0.2, 0.25) is 10.0 Å². The van der Waals surface area contributed by atoms with Crippen molar-refractivity contribution in [1.29, 1.82) is 0 Å². The van der Waals surface area contributed by atoms with Gasteiger partial charge in [-0.3, -0.25) is 4.98 Å². The minimum absolute atomic E-state index is 0.0291. The van der Waals surface area contributed by atoms with Gasteiger partial charge in [0.1, 0.15) is 4.90 Å². The molecule has 1 aromatic carbocycles. The molecule has 162 valence electrons.